The van der Waals surface area contributed by atoms with Crippen molar-refractivity contribution in [3.63, 3.8) is 0 Å². The monoisotopic (exact) mass is 347 g/mol. The normalized spacial score (nSPS) is 21.5. The zero-order valence-corrected chi connectivity index (χ0v) is 14.7. The van der Waals surface area contributed by atoms with E-state index < -0.39 is 5.76 Å². The van der Waals surface area contributed by atoms with Crippen molar-refractivity contribution in [2.24, 2.45) is 0 Å². The number of carbonyl (C=O) groups excluding carboxylic acids is 1. The number of aromatic nitrogens is 1. The predicted octanol–water partition coefficient (Wildman–Crippen LogP) is 1.21. The van der Waals surface area contributed by atoms with E-state index in [-0.39, 0.29) is 24.5 Å². The maximum atomic E-state index is 12.1. The van der Waals surface area contributed by atoms with E-state index in [9.17, 15) is 9.59 Å². The second kappa shape index (κ2) is 7.84. The van der Waals surface area contributed by atoms with Crippen LogP contribution in [0, 0.1) is 0 Å². The molecule has 1 aromatic heterocycles. The summed E-state index contributed by atoms with van der Waals surface area (Å²) in [5.74, 6) is -0.489. The summed E-state index contributed by atoms with van der Waals surface area (Å²) in [5.41, 5.74) is 1.26. The Morgan fingerprint density at radius 2 is 1.92 bits per heavy atom. The first-order valence-corrected chi connectivity index (χ1v) is 8.76. The maximum Gasteiger partial charge on any atom is 0.419 e. The van der Waals surface area contributed by atoms with E-state index in [0.717, 1.165) is 25.2 Å². The van der Waals surface area contributed by atoms with Crippen molar-refractivity contribution >= 4 is 17.0 Å². The predicted molar refractivity (Wildman–Crippen MR) is 94.5 cm³/mol. The minimum Gasteiger partial charge on any atom is -0.408 e. The fourth-order valence-corrected chi connectivity index (χ4v) is 3.35. The number of para-hydroxylation sites is 2. The molecule has 0 bridgehead atoms. The highest BCUT2D eigenvalue weighted by Crippen LogP contribution is 2.12. The molecule has 2 atom stereocenters. The van der Waals surface area contributed by atoms with Gasteiger partial charge >= 0.3 is 5.76 Å². The number of morpholine rings is 1. The highest BCUT2D eigenvalue weighted by atomic mass is 16.5. The van der Waals surface area contributed by atoms with Gasteiger partial charge in [-0.2, -0.15) is 0 Å². The van der Waals surface area contributed by atoms with Crippen molar-refractivity contribution < 1.29 is 13.9 Å². The molecule has 1 N–H and O–H groups in total. The van der Waals surface area contributed by atoms with Gasteiger partial charge in [-0.15, -0.1) is 0 Å². The van der Waals surface area contributed by atoms with Gasteiger partial charge < -0.3 is 14.5 Å². The molecule has 0 unspecified atom stereocenters. The number of benzene rings is 1. The quantitative estimate of drug-likeness (QED) is 0.850. The number of carbonyl (C=O) groups is 1. The molecule has 0 spiro atoms. The average Bonchev–Trinajstić information content (AvgIpc) is 2.87. The van der Waals surface area contributed by atoms with Gasteiger partial charge in [0.15, 0.2) is 5.58 Å². The molecule has 1 fully saturated rings. The number of amides is 1. The molecule has 2 heterocycles. The highest BCUT2D eigenvalue weighted by molar-refractivity contribution is 5.76. The van der Waals surface area contributed by atoms with Crippen LogP contribution in [-0.2, 0) is 16.1 Å². The molecule has 136 valence electrons. The molecule has 7 heteroatoms. The molecule has 1 aliphatic heterocycles. The van der Waals surface area contributed by atoms with E-state index in [1.165, 1.54) is 4.57 Å². The van der Waals surface area contributed by atoms with Crippen LogP contribution in [0.25, 0.3) is 11.1 Å². The number of rotatable bonds is 6. The maximum absolute atomic E-state index is 12.1. The number of hydrogen-bond donors (Lipinski definition) is 1. The third-order valence-electron chi connectivity index (χ3n) is 4.38. The SMILES string of the molecule is C[C@@H]1CN(CCNC(=O)CCn2c(=O)oc3ccccc32)C[C@@H](C)O1. The zero-order valence-electron chi connectivity index (χ0n) is 14.7. The standard InChI is InChI=1S/C18H25N3O4/c1-13-11-20(12-14(2)24-13)10-8-19-17(22)7-9-21-15-5-3-4-6-16(15)25-18(21)23/h3-6,13-14H,7-12H2,1-2H3,(H,19,22)/t13-,14-/m1/s1. The lowest BCUT2D eigenvalue weighted by Crippen LogP contribution is -2.47. The molecule has 0 saturated carbocycles. The Kier molecular flexibility index (Phi) is 5.55. The number of ether oxygens (including phenoxy) is 1. The van der Waals surface area contributed by atoms with Gasteiger partial charge in [0.25, 0.3) is 0 Å². The van der Waals surface area contributed by atoms with Crippen molar-refractivity contribution in [2.45, 2.75) is 39.0 Å². The number of hydrogen-bond acceptors (Lipinski definition) is 5. The Morgan fingerprint density at radius 1 is 1.20 bits per heavy atom. The van der Waals surface area contributed by atoms with Gasteiger partial charge in [0, 0.05) is 39.1 Å². The summed E-state index contributed by atoms with van der Waals surface area (Å²) in [6.45, 7) is 7.61. The molecule has 1 aromatic carbocycles. The van der Waals surface area contributed by atoms with Gasteiger partial charge in [0.2, 0.25) is 5.91 Å². The van der Waals surface area contributed by atoms with Gasteiger partial charge in [0.1, 0.15) is 0 Å². The van der Waals surface area contributed by atoms with E-state index in [1.54, 1.807) is 6.07 Å². The Hall–Kier alpha value is -2.12. The molecule has 0 aliphatic carbocycles. The summed E-state index contributed by atoms with van der Waals surface area (Å²) in [6.07, 6.45) is 0.695. The molecule has 3 rings (SSSR count). The topological polar surface area (TPSA) is 76.7 Å². The van der Waals surface area contributed by atoms with Crippen molar-refractivity contribution in [1.29, 1.82) is 0 Å². The summed E-state index contributed by atoms with van der Waals surface area (Å²) in [7, 11) is 0. The lowest BCUT2D eigenvalue weighted by molar-refractivity contribution is -0.121. The third kappa shape index (κ3) is 4.49. The lowest BCUT2D eigenvalue weighted by atomic mass is 10.2. The van der Waals surface area contributed by atoms with E-state index in [4.69, 9.17) is 9.15 Å². The van der Waals surface area contributed by atoms with Crippen LogP contribution in [0.4, 0.5) is 0 Å². The van der Waals surface area contributed by atoms with Gasteiger partial charge in [-0.3, -0.25) is 14.3 Å². The van der Waals surface area contributed by atoms with Crippen LogP contribution >= 0.6 is 0 Å². The molecule has 1 saturated heterocycles. The highest BCUT2D eigenvalue weighted by Gasteiger charge is 2.21. The summed E-state index contributed by atoms with van der Waals surface area (Å²) < 4.78 is 12.4. The minimum absolute atomic E-state index is 0.0634. The smallest absolute Gasteiger partial charge is 0.408 e. The van der Waals surface area contributed by atoms with E-state index in [1.807, 2.05) is 18.2 Å². The minimum atomic E-state index is -0.426. The summed E-state index contributed by atoms with van der Waals surface area (Å²) in [4.78, 5) is 26.2. The van der Waals surface area contributed by atoms with Gasteiger partial charge in [-0.25, -0.2) is 4.79 Å². The first-order chi connectivity index (χ1) is 12.0. The van der Waals surface area contributed by atoms with Crippen LogP contribution < -0.4 is 11.1 Å². The fourth-order valence-electron chi connectivity index (χ4n) is 3.35. The number of nitrogens with one attached hydrogen (secondary N) is 1. The Balaban J connectivity index is 1.45. The molecule has 1 amide bonds. The Morgan fingerprint density at radius 3 is 2.68 bits per heavy atom. The second-order valence-corrected chi connectivity index (χ2v) is 6.60. The largest absolute Gasteiger partial charge is 0.419 e. The molecule has 7 nitrogen and oxygen atoms in total. The first-order valence-electron chi connectivity index (χ1n) is 8.76. The molecule has 0 radical (unpaired) electrons. The van der Waals surface area contributed by atoms with Crippen LogP contribution in [-0.4, -0.2) is 53.8 Å². The van der Waals surface area contributed by atoms with Crippen molar-refractivity contribution in [1.82, 2.24) is 14.8 Å². The lowest BCUT2D eigenvalue weighted by Gasteiger charge is -2.35. The van der Waals surface area contributed by atoms with Crippen LogP contribution in [0.5, 0.6) is 0 Å². The number of fused-ring (bicyclic) bond motifs is 1. The summed E-state index contributed by atoms with van der Waals surface area (Å²) >= 11 is 0. The van der Waals surface area contributed by atoms with E-state index in [2.05, 4.69) is 24.1 Å². The molecule has 2 aromatic rings. The molecular weight excluding hydrogens is 322 g/mol. The van der Waals surface area contributed by atoms with Crippen molar-refractivity contribution in [2.75, 3.05) is 26.2 Å². The van der Waals surface area contributed by atoms with Gasteiger partial charge in [0.05, 0.1) is 17.7 Å². The van der Waals surface area contributed by atoms with Crippen LogP contribution in [0.15, 0.2) is 33.5 Å². The molecule has 25 heavy (non-hydrogen) atoms. The molecule has 1 aliphatic rings. The van der Waals surface area contributed by atoms with Crippen LogP contribution in [0.2, 0.25) is 0 Å². The Bertz CT molecular complexity index is 772. The van der Waals surface area contributed by atoms with Crippen LogP contribution in [0.1, 0.15) is 20.3 Å². The Labute approximate surface area is 146 Å². The number of oxazole rings is 1. The summed E-state index contributed by atoms with van der Waals surface area (Å²) in [6, 6.07) is 7.23. The fraction of sp³-hybridized carbons (Fsp3) is 0.556. The second-order valence-electron chi connectivity index (χ2n) is 6.60. The van der Waals surface area contributed by atoms with Crippen molar-refractivity contribution in [3.05, 3.63) is 34.8 Å². The van der Waals surface area contributed by atoms with E-state index >= 15 is 0 Å². The average molecular weight is 347 g/mol. The third-order valence-corrected chi connectivity index (χ3v) is 4.38. The summed E-state index contributed by atoms with van der Waals surface area (Å²) in [5, 5.41) is 2.92. The van der Waals surface area contributed by atoms with E-state index in [0.29, 0.717) is 18.7 Å². The van der Waals surface area contributed by atoms with Gasteiger partial charge in [-0.05, 0) is 26.0 Å². The van der Waals surface area contributed by atoms with Crippen molar-refractivity contribution in [3.8, 4) is 0 Å². The number of aryl methyl sites for hydroxylation is 1. The number of nitrogens with zero attached hydrogens (tertiary/aromatic N) is 2. The van der Waals surface area contributed by atoms with Crippen LogP contribution in [0.3, 0.4) is 0 Å². The first kappa shape index (κ1) is 17.7. The molecular formula is C18H25N3O4. The zero-order chi connectivity index (χ0) is 17.8. The van der Waals surface area contributed by atoms with Gasteiger partial charge in [-0.1, -0.05) is 12.1 Å².